The number of rotatable bonds is 4. The third kappa shape index (κ3) is 2.06. The van der Waals surface area contributed by atoms with E-state index in [-0.39, 0.29) is 48.6 Å². The first kappa shape index (κ1) is 16.3. The van der Waals surface area contributed by atoms with Crippen molar-refractivity contribution in [1.29, 1.82) is 0 Å². The van der Waals surface area contributed by atoms with Crippen molar-refractivity contribution in [2.45, 2.75) is 33.1 Å². The van der Waals surface area contributed by atoms with Gasteiger partial charge in [-0.15, -0.1) is 0 Å². The first-order valence-corrected chi connectivity index (χ1v) is 9.76. The SMILES string of the molecule is CC1(C)[C@H]2CC=C(COC(=O)CN3C(=O)C4C5C=CC(C5)C4C3=O)[C@@H]1C2. The van der Waals surface area contributed by atoms with Crippen LogP contribution in [-0.2, 0) is 19.1 Å². The molecule has 0 N–H and O–H groups in total. The molecule has 26 heavy (non-hydrogen) atoms. The van der Waals surface area contributed by atoms with Gasteiger partial charge in [0.1, 0.15) is 13.2 Å². The fourth-order valence-electron chi connectivity index (χ4n) is 6.10. The lowest BCUT2D eigenvalue weighted by atomic mass is 9.49. The van der Waals surface area contributed by atoms with Gasteiger partial charge in [0, 0.05) is 0 Å². The molecule has 0 aromatic carbocycles. The second-order valence-corrected chi connectivity index (χ2v) is 9.24. The Balaban J connectivity index is 1.20. The molecule has 2 amide bonds. The van der Waals surface area contributed by atoms with Crippen molar-refractivity contribution in [3.63, 3.8) is 0 Å². The van der Waals surface area contributed by atoms with Crippen molar-refractivity contribution in [3.05, 3.63) is 23.8 Å². The predicted molar refractivity (Wildman–Crippen MR) is 93.5 cm³/mol. The minimum Gasteiger partial charge on any atom is -0.460 e. The lowest BCUT2D eigenvalue weighted by Crippen LogP contribution is -2.49. The second-order valence-electron chi connectivity index (χ2n) is 9.24. The van der Waals surface area contributed by atoms with Crippen molar-refractivity contribution < 1.29 is 19.1 Å². The molecule has 1 heterocycles. The van der Waals surface area contributed by atoms with Gasteiger partial charge in [0.25, 0.3) is 0 Å². The summed E-state index contributed by atoms with van der Waals surface area (Å²) in [6.07, 6.45) is 9.45. The number of esters is 1. The van der Waals surface area contributed by atoms with Crippen LogP contribution in [0.4, 0.5) is 0 Å². The van der Waals surface area contributed by atoms with Crippen LogP contribution in [0.5, 0.6) is 0 Å². The van der Waals surface area contributed by atoms with Crippen LogP contribution in [0.2, 0.25) is 0 Å². The summed E-state index contributed by atoms with van der Waals surface area (Å²) in [6, 6.07) is 0. The molecule has 0 aromatic rings. The van der Waals surface area contributed by atoms with Gasteiger partial charge in [-0.25, -0.2) is 0 Å². The van der Waals surface area contributed by atoms with Crippen LogP contribution >= 0.6 is 0 Å². The number of nitrogens with zero attached hydrogens (tertiary/aromatic N) is 1. The molecule has 0 spiro atoms. The number of carbonyl (C=O) groups is 3. The minimum atomic E-state index is -0.480. The maximum absolute atomic E-state index is 12.6. The van der Waals surface area contributed by atoms with Crippen molar-refractivity contribution in [1.82, 2.24) is 4.90 Å². The van der Waals surface area contributed by atoms with E-state index in [2.05, 4.69) is 32.1 Å². The van der Waals surface area contributed by atoms with Gasteiger partial charge >= 0.3 is 5.97 Å². The van der Waals surface area contributed by atoms with E-state index in [1.807, 2.05) is 0 Å². The fraction of sp³-hybridized carbons (Fsp3) is 0.667. The Morgan fingerprint density at radius 1 is 1.15 bits per heavy atom. The van der Waals surface area contributed by atoms with E-state index < -0.39 is 5.97 Å². The lowest BCUT2D eigenvalue weighted by Gasteiger charge is -2.56. The molecule has 1 aliphatic heterocycles. The van der Waals surface area contributed by atoms with Crippen LogP contribution in [0.25, 0.3) is 0 Å². The molecular weight excluding hydrogens is 330 g/mol. The zero-order valence-corrected chi connectivity index (χ0v) is 15.3. The standard InChI is InChI=1S/C21H25NO4/c1-21(2)14-6-5-13(15(21)8-14)10-26-16(23)9-22-19(24)17-11-3-4-12(7-11)18(17)20(22)25/h3-5,11-12,14-15,17-18H,6-10H2,1-2H3/t11?,12?,14-,15-,17?,18?/m0/s1. The number of imide groups is 1. The summed E-state index contributed by atoms with van der Waals surface area (Å²) >= 11 is 0. The molecule has 4 unspecified atom stereocenters. The van der Waals surface area contributed by atoms with Gasteiger partial charge in [-0.1, -0.05) is 32.1 Å². The first-order valence-electron chi connectivity index (χ1n) is 9.76. The van der Waals surface area contributed by atoms with E-state index in [1.165, 1.54) is 12.0 Å². The van der Waals surface area contributed by atoms with E-state index in [0.29, 0.717) is 11.3 Å². The molecule has 4 bridgehead atoms. The normalized spacial score (nSPS) is 41.2. The number of ether oxygens (including phenoxy) is 1. The topological polar surface area (TPSA) is 63.7 Å². The predicted octanol–water partition coefficient (Wildman–Crippen LogP) is 2.33. The summed E-state index contributed by atoms with van der Waals surface area (Å²) in [7, 11) is 0. The average molecular weight is 355 g/mol. The number of amides is 2. The highest BCUT2D eigenvalue weighted by molar-refractivity contribution is 6.08. The third-order valence-electron chi connectivity index (χ3n) is 7.83. The molecular formula is C21H25NO4. The second kappa shape index (κ2) is 5.30. The summed E-state index contributed by atoms with van der Waals surface area (Å²) < 4.78 is 5.45. The van der Waals surface area contributed by atoms with Gasteiger partial charge in [0.05, 0.1) is 11.8 Å². The number of likely N-dealkylation sites (tertiary alicyclic amines) is 1. The summed E-state index contributed by atoms with van der Waals surface area (Å²) in [4.78, 5) is 38.7. The summed E-state index contributed by atoms with van der Waals surface area (Å²) in [5, 5.41) is 0. The maximum atomic E-state index is 12.6. The third-order valence-corrected chi connectivity index (χ3v) is 7.83. The molecule has 5 heteroatoms. The summed E-state index contributed by atoms with van der Waals surface area (Å²) in [5.41, 5.74) is 1.49. The van der Waals surface area contributed by atoms with Gasteiger partial charge in [-0.05, 0) is 53.9 Å². The Morgan fingerprint density at radius 3 is 2.38 bits per heavy atom. The maximum Gasteiger partial charge on any atom is 0.326 e. The summed E-state index contributed by atoms with van der Waals surface area (Å²) in [5.74, 6) is 0.222. The number of allylic oxidation sites excluding steroid dienone is 3. The fourth-order valence-corrected chi connectivity index (χ4v) is 6.10. The molecule has 6 atom stereocenters. The van der Waals surface area contributed by atoms with E-state index >= 15 is 0 Å². The molecule has 138 valence electrons. The van der Waals surface area contributed by atoms with Crippen molar-refractivity contribution in [3.8, 4) is 0 Å². The number of fused-ring (bicyclic) bond motifs is 6. The van der Waals surface area contributed by atoms with Crippen LogP contribution in [-0.4, -0.2) is 35.8 Å². The lowest BCUT2D eigenvalue weighted by molar-refractivity contribution is -0.153. The van der Waals surface area contributed by atoms with Gasteiger partial charge in [0.2, 0.25) is 11.8 Å². The molecule has 1 saturated heterocycles. The van der Waals surface area contributed by atoms with Gasteiger partial charge in [0.15, 0.2) is 0 Å². The largest absolute Gasteiger partial charge is 0.460 e. The zero-order valence-electron chi connectivity index (χ0n) is 15.3. The van der Waals surface area contributed by atoms with E-state index in [0.717, 1.165) is 23.7 Å². The molecule has 2 saturated carbocycles. The van der Waals surface area contributed by atoms with Gasteiger partial charge < -0.3 is 4.74 Å². The smallest absolute Gasteiger partial charge is 0.326 e. The van der Waals surface area contributed by atoms with Crippen LogP contribution in [0.15, 0.2) is 23.8 Å². The monoisotopic (exact) mass is 355 g/mol. The highest BCUT2D eigenvalue weighted by atomic mass is 16.5. The Bertz CT molecular complexity index is 734. The van der Waals surface area contributed by atoms with Crippen LogP contribution in [0.1, 0.15) is 33.1 Å². The molecule has 6 aliphatic rings. The number of hydrogen-bond donors (Lipinski definition) is 0. The Hall–Kier alpha value is -1.91. The van der Waals surface area contributed by atoms with E-state index in [9.17, 15) is 14.4 Å². The summed E-state index contributed by atoms with van der Waals surface area (Å²) in [6.45, 7) is 4.61. The first-order chi connectivity index (χ1) is 12.4. The van der Waals surface area contributed by atoms with Crippen molar-refractivity contribution in [2.75, 3.05) is 13.2 Å². The Morgan fingerprint density at radius 2 is 1.81 bits per heavy atom. The highest BCUT2D eigenvalue weighted by Crippen LogP contribution is 2.59. The molecule has 0 radical (unpaired) electrons. The molecule has 5 aliphatic carbocycles. The van der Waals surface area contributed by atoms with Crippen molar-refractivity contribution >= 4 is 17.8 Å². The van der Waals surface area contributed by atoms with Crippen LogP contribution in [0, 0.1) is 40.9 Å². The number of hydrogen-bond acceptors (Lipinski definition) is 4. The molecule has 5 nitrogen and oxygen atoms in total. The van der Waals surface area contributed by atoms with E-state index in [1.54, 1.807) is 0 Å². The van der Waals surface area contributed by atoms with Gasteiger partial charge in [-0.2, -0.15) is 0 Å². The minimum absolute atomic E-state index is 0.170. The Kier molecular flexibility index (Phi) is 3.32. The van der Waals surface area contributed by atoms with Crippen LogP contribution < -0.4 is 0 Å². The molecule has 3 fully saturated rings. The number of carbonyl (C=O) groups excluding carboxylic acids is 3. The van der Waals surface area contributed by atoms with E-state index in [4.69, 9.17) is 4.74 Å². The zero-order chi connectivity index (χ0) is 18.2. The average Bonchev–Trinajstić information content (AvgIpc) is 3.30. The quantitative estimate of drug-likeness (QED) is 0.441. The van der Waals surface area contributed by atoms with Crippen molar-refractivity contribution in [2.24, 2.45) is 40.9 Å². The molecule has 6 rings (SSSR count). The van der Waals surface area contributed by atoms with Crippen LogP contribution in [0.3, 0.4) is 0 Å². The highest BCUT2D eigenvalue weighted by Gasteiger charge is 2.59. The molecule has 0 aromatic heterocycles. The Labute approximate surface area is 153 Å². The van der Waals surface area contributed by atoms with Gasteiger partial charge in [-0.3, -0.25) is 19.3 Å².